The van der Waals surface area contributed by atoms with Crippen molar-refractivity contribution in [2.45, 2.75) is 37.9 Å². The zero-order chi connectivity index (χ0) is 16.5. The summed E-state index contributed by atoms with van der Waals surface area (Å²) in [5.41, 5.74) is 1.99. The molecule has 2 rings (SSSR count). The third-order valence-electron chi connectivity index (χ3n) is 4.74. The molecule has 0 nitrogen and oxygen atoms in total. The van der Waals surface area contributed by atoms with Gasteiger partial charge in [0, 0.05) is 0 Å². The van der Waals surface area contributed by atoms with E-state index in [-0.39, 0.29) is 0 Å². The van der Waals surface area contributed by atoms with Gasteiger partial charge in [0.15, 0.2) is 0 Å². The van der Waals surface area contributed by atoms with Gasteiger partial charge in [-0.05, 0) is 30.4 Å². The minimum Gasteiger partial charge on any atom is -0.103 e. The first-order valence-corrected chi connectivity index (χ1v) is 11.6. The van der Waals surface area contributed by atoms with Crippen molar-refractivity contribution < 1.29 is 0 Å². The summed E-state index contributed by atoms with van der Waals surface area (Å²) in [5, 5.41) is 1.53. The van der Waals surface area contributed by atoms with Gasteiger partial charge in [0.2, 0.25) is 0 Å². The van der Waals surface area contributed by atoms with Crippen molar-refractivity contribution in [3.63, 3.8) is 0 Å². The van der Waals surface area contributed by atoms with Gasteiger partial charge in [-0.15, -0.1) is 6.58 Å². The molecular weight excluding hydrogens is 292 g/mol. The lowest BCUT2D eigenvalue weighted by molar-refractivity contribution is 0.840. The lowest BCUT2D eigenvalue weighted by Gasteiger charge is -2.30. The topological polar surface area (TPSA) is 0 Å². The van der Waals surface area contributed by atoms with E-state index in [0.29, 0.717) is 5.54 Å². The summed E-state index contributed by atoms with van der Waals surface area (Å²) in [6.07, 6.45) is 10.2. The molecule has 0 saturated heterocycles. The molecule has 1 heteroatoms. The van der Waals surface area contributed by atoms with E-state index in [1.807, 2.05) is 0 Å². The third kappa shape index (κ3) is 5.07. The number of rotatable bonds is 8. The quantitative estimate of drug-likeness (QED) is 0.430. The van der Waals surface area contributed by atoms with Crippen LogP contribution in [0, 0.1) is 0 Å². The molecule has 0 heterocycles. The minimum atomic E-state index is -1.48. The Morgan fingerprint density at radius 3 is 2.13 bits per heavy atom. The van der Waals surface area contributed by atoms with E-state index in [1.54, 1.807) is 0 Å². The van der Waals surface area contributed by atoms with E-state index in [9.17, 15) is 0 Å². The first kappa shape index (κ1) is 17.5. The van der Waals surface area contributed by atoms with Crippen LogP contribution < -0.4 is 5.19 Å². The standard InChI is InChI=1S/C22H28Si/c1-4-21(23(2,3)22-18-12-7-13-19-22)17-11-6-10-16-20-14-8-5-9-15-20/h4-10,12-15,18-19,21H,1,11,16-17H2,2-3H3. The summed E-state index contributed by atoms with van der Waals surface area (Å²) in [4.78, 5) is 0. The highest BCUT2D eigenvalue weighted by Gasteiger charge is 2.30. The minimum absolute atomic E-state index is 0.617. The summed E-state index contributed by atoms with van der Waals surface area (Å²) >= 11 is 0. The van der Waals surface area contributed by atoms with Crippen molar-refractivity contribution in [1.82, 2.24) is 0 Å². The molecule has 0 spiro atoms. The maximum absolute atomic E-state index is 4.11. The zero-order valence-corrected chi connectivity index (χ0v) is 15.4. The van der Waals surface area contributed by atoms with Gasteiger partial charge < -0.3 is 0 Å². The van der Waals surface area contributed by atoms with Crippen LogP contribution >= 0.6 is 0 Å². The van der Waals surface area contributed by atoms with Gasteiger partial charge in [-0.3, -0.25) is 0 Å². The molecule has 0 radical (unpaired) electrons. The van der Waals surface area contributed by atoms with Crippen molar-refractivity contribution in [2.75, 3.05) is 0 Å². The molecule has 0 aromatic heterocycles. The molecule has 2 aromatic carbocycles. The maximum Gasteiger partial charge on any atom is 0.0873 e. The Kier molecular flexibility index (Phi) is 6.61. The summed E-state index contributed by atoms with van der Waals surface area (Å²) in [5.74, 6) is 0. The molecule has 1 unspecified atom stereocenters. The average molecular weight is 321 g/mol. The van der Waals surface area contributed by atoms with Gasteiger partial charge in [-0.25, -0.2) is 0 Å². The molecule has 0 aliphatic rings. The van der Waals surface area contributed by atoms with E-state index in [1.165, 1.54) is 17.2 Å². The van der Waals surface area contributed by atoms with Crippen LogP contribution in [0.5, 0.6) is 0 Å². The van der Waals surface area contributed by atoms with Crippen molar-refractivity contribution in [2.24, 2.45) is 0 Å². The molecule has 2 aromatic rings. The van der Waals surface area contributed by atoms with Gasteiger partial charge in [0.05, 0.1) is 8.07 Å². The molecule has 1 atom stereocenters. The largest absolute Gasteiger partial charge is 0.103 e. The number of benzene rings is 2. The second-order valence-corrected chi connectivity index (χ2v) is 11.4. The Balaban J connectivity index is 1.88. The first-order valence-electron chi connectivity index (χ1n) is 8.51. The molecule has 23 heavy (non-hydrogen) atoms. The van der Waals surface area contributed by atoms with Gasteiger partial charge in [0.25, 0.3) is 0 Å². The molecule has 0 fully saturated rings. The predicted molar refractivity (Wildman–Crippen MR) is 106 cm³/mol. The Morgan fingerprint density at radius 1 is 0.913 bits per heavy atom. The van der Waals surface area contributed by atoms with Crippen molar-refractivity contribution >= 4 is 13.3 Å². The molecule has 0 N–H and O–H groups in total. The van der Waals surface area contributed by atoms with Gasteiger partial charge in [0.1, 0.15) is 0 Å². The molecule has 0 amide bonds. The predicted octanol–water partition coefficient (Wildman–Crippen LogP) is 5.74. The first-order chi connectivity index (χ1) is 11.1. The van der Waals surface area contributed by atoms with Crippen molar-refractivity contribution in [1.29, 1.82) is 0 Å². The normalized spacial score (nSPS) is 13.1. The highest BCUT2D eigenvalue weighted by Crippen LogP contribution is 2.28. The van der Waals surface area contributed by atoms with E-state index in [4.69, 9.17) is 0 Å². The van der Waals surface area contributed by atoms with Crippen LogP contribution in [0.3, 0.4) is 0 Å². The number of hydrogen-bond acceptors (Lipinski definition) is 0. The fraction of sp³-hybridized carbons (Fsp3) is 0.273. The summed E-state index contributed by atoms with van der Waals surface area (Å²) in [6, 6.07) is 21.6. The Labute approximate surface area is 142 Å². The molecule has 0 aliphatic heterocycles. The van der Waals surface area contributed by atoms with E-state index < -0.39 is 8.07 Å². The Hall–Kier alpha value is -1.86. The van der Waals surface area contributed by atoms with Gasteiger partial charge in [-0.2, -0.15) is 0 Å². The number of allylic oxidation sites excluding steroid dienone is 3. The maximum atomic E-state index is 4.11. The lowest BCUT2D eigenvalue weighted by atomic mass is 10.1. The van der Waals surface area contributed by atoms with Gasteiger partial charge in [-0.1, -0.05) is 97.2 Å². The monoisotopic (exact) mass is 320 g/mol. The van der Waals surface area contributed by atoms with Crippen molar-refractivity contribution in [3.8, 4) is 0 Å². The average Bonchev–Trinajstić information content (AvgIpc) is 2.59. The highest BCUT2D eigenvalue weighted by molar-refractivity contribution is 6.91. The molecule has 120 valence electrons. The van der Waals surface area contributed by atoms with Crippen LogP contribution in [-0.4, -0.2) is 8.07 Å². The summed E-state index contributed by atoms with van der Waals surface area (Å²) < 4.78 is 0. The second kappa shape index (κ2) is 8.69. The molecule has 0 bridgehead atoms. The SMILES string of the molecule is C=CC(CCC=CCc1ccccc1)[Si](C)(C)c1ccccc1. The molecule has 0 saturated carbocycles. The van der Waals surface area contributed by atoms with E-state index in [0.717, 1.165) is 12.8 Å². The zero-order valence-electron chi connectivity index (χ0n) is 14.4. The highest BCUT2D eigenvalue weighted by atomic mass is 28.3. The molecular formula is C22H28Si. The molecule has 0 aliphatic carbocycles. The smallest absolute Gasteiger partial charge is 0.0873 e. The second-order valence-electron chi connectivity index (χ2n) is 6.67. The van der Waals surface area contributed by atoms with Crippen LogP contribution in [0.2, 0.25) is 18.6 Å². The van der Waals surface area contributed by atoms with Crippen LogP contribution in [0.1, 0.15) is 18.4 Å². The summed E-state index contributed by atoms with van der Waals surface area (Å²) in [7, 11) is -1.48. The van der Waals surface area contributed by atoms with E-state index >= 15 is 0 Å². The van der Waals surface area contributed by atoms with Crippen LogP contribution in [0.4, 0.5) is 0 Å². The third-order valence-corrected chi connectivity index (χ3v) is 8.94. The Bertz CT molecular complexity index is 611. The van der Waals surface area contributed by atoms with Crippen LogP contribution in [-0.2, 0) is 6.42 Å². The fourth-order valence-corrected chi connectivity index (χ4v) is 6.04. The van der Waals surface area contributed by atoms with Crippen molar-refractivity contribution in [3.05, 3.63) is 91.0 Å². The van der Waals surface area contributed by atoms with E-state index in [2.05, 4.69) is 98.6 Å². The van der Waals surface area contributed by atoms with Crippen LogP contribution in [0.25, 0.3) is 0 Å². The lowest BCUT2D eigenvalue weighted by Crippen LogP contribution is -2.45. The summed E-state index contributed by atoms with van der Waals surface area (Å²) in [6.45, 7) is 9.03. The fourth-order valence-electron chi connectivity index (χ4n) is 3.08. The Morgan fingerprint density at radius 2 is 1.52 bits per heavy atom. The van der Waals surface area contributed by atoms with Gasteiger partial charge >= 0.3 is 0 Å². The van der Waals surface area contributed by atoms with Crippen LogP contribution in [0.15, 0.2) is 85.5 Å². The number of hydrogen-bond donors (Lipinski definition) is 0.